The molecule has 1 aliphatic rings. The highest BCUT2D eigenvalue weighted by Gasteiger charge is 2.33. The molecule has 0 saturated carbocycles. The lowest BCUT2D eigenvalue weighted by Gasteiger charge is -2.38. The summed E-state index contributed by atoms with van der Waals surface area (Å²) in [5, 5.41) is 4.14. The van der Waals surface area contributed by atoms with Crippen LogP contribution in [0.5, 0.6) is 5.75 Å². The number of para-hydroxylation sites is 1. The Bertz CT molecular complexity index is 1220. The molecule has 1 N–H and O–H groups in total. The summed E-state index contributed by atoms with van der Waals surface area (Å²) >= 11 is 6.08. The first-order valence-electron chi connectivity index (χ1n) is 10.4. The van der Waals surface area contributed by atoms with E-state index in [1.807, 2.05) is 91.0 Å². The molecule has 158 valence electrons. The van der Waals surface area contributed by atoms with Crippen molar-refractivity contribution >= 4 is 28.9 Å². The second kappa shape index (κ2) is 8.77. The molecule has 0 aromatic heterocycles. The largest absolute Gasteiger partial charge is 0.489 e. The molecule has 1 unspecified atom stereocenters. The van der Waals surface area contributed by atoms with Gasteiger partial charge in [0.25, 0.3) is 5.91 Å². The number of hydrogen-bond donors (Lipinski definition) is 1. The van der Waals surface area contributed by atoms with E-state index in [1.165, 1.54) is 0 Å². The van der Waals surface area contributed by atoms with Crippen molar-refractivity contribution in [1.82, 2.24) is 0 Å². The van der Waals surface area contributed by atoms with Gasteiger partial charge in [0.15, 0.2) is 0 Å². The summed E-state index contributed by atoms with van der Waals surface area (Å²) in [5.41, 5.74) is 4.30. The fraction of sp³-hybridized carbons (Fsp3) is 0.0741. The van der Waals surface area contributed by atoms with Crippen LogP contribution in [-0.4, -0.2) is 5.91 Å². The lowest BCUT2D eigenvalue weighted by molar-refractivity contribution is 0.0975. The Morgan fingerprint density at radius 2 is 1.50 bits per heavy atom. The second-order valence-electron chi connectivity index (χ2n) is 7.59. The summed E-state index contributed by atoms with van der Waals surface area (Å²) in [7, 11) is 0. The van der Waals surface area contributed by atoms with Gasteiger partial charge in [-0.2, -0.15) is 0 Å². The van der Waals surface area contributed by atoms with E-state index in [0.29, 0.717) is 17.2 Å². The molecule has 0 spiro atoms. The lowest BCUT2D eigenvalue weighted by Crippen LogP contribution is -2.43. The first-order valence-corrected chi connectivity index (χ1v) is 10.8. The third-order valence-electron chi connectivity index (χ3n) is 5.48. The fourth-order valence-electron chi connectivity index (χ4n) is 3.84. The second-order valence-corrected chi connectivity index (χ2v) is 8.02. The number of benzene rings is 4. The van der Waals surface area contributed by atoms with Crippen molar-refractivity contribution in [2.45, 2.75) is 12.8 Å². The Morgan fingerprint density at radius 3 is 2.25 bits per heavy atom. The van der Waals surface area contributed by atoms with Gasteiger partial charge in [0.05, 0.1) is 5.56 Å². The molecule has 0 bridgehead atoms. The molecule has 1 atom stereocenters. The fourth-order valence-corrected chi connectivity index (χ4v) is 3.97. The van der Waals surface area contributed by atoms with E-state index in [2.05, 4.69) is 5.32 Å². The highest BCUT2D eigenvalue weighted by molar-refractivity contribution is 6.30. The summed E-state index contributed by atoms with van der Waals surface area (Å²) in [6.45, 7) is 0.505. The van der Waals surface area contributed by atoms with Crippen LogP contribution in [0.3, 0.4) is 0 Å². The number of carbonyl (C=O) groups is 1. The first kappa shape index (κ1) is 20.2. The maximum atomic E-state index is 13.4. The highest BCUT2D eigenvalue weighted by atomic mass is 35.5. The zero-order valence-electron chi connectivity index (χ0n) is 17.2. The van der Waals surface area contributed by atoms with Gasteiger partial charge >= 0.3 is 0 Å². The molecule has 4 aromatic carbocycles. The lowest BCUT2D eigenvalue weighted by atomic mass is 10.0. The number of fused-ring (bicyclic) bond motifs is 1. The van der Waals surface area contributed by atoms with Gasteiger partial charge in [-0.1, -0.05) is 66.2 Å². The van der Waals surface area contributed by atoms with Crippen LogP contribution in [0.1, 0.15) is 27.7 Å². The summed E-state index contributed by atoms with van der Waals surface area (Å²) in [4.78, 5) is 15.2. The SMILES string of the molecule is O=C1c2ccccc2NC(c2ccc(OCc3ccccc3)cc2)N1c1ccc(Cl)cc1. The van der Waals surface area contributed by atoms with Crippen LogP contribution in [0.25, 0.3) is 0 Å². The van der Waals surface area contributed by atoms with Gasteiger partial charge in [0, 0.05) is 16.4 Å². The van der Waals surface area contributed by atoms with Gasteiger partial charge < -0.3 is 10.1 Å². The smallest absolute Gasteiger partial charge is 0.262 e. The van der Waals surface area contributed by atoms with Crippen molar-refractivity contribution in [3.63, 3.8) is 0 Å². The highest BCUT2D eigenvalue weighted by Crippen LogP contribution is 2.37. The zero-order valence-corrected chi connectivity index (χ0v) is 18.0. The van der Waals surface area contributed by atoms with Gasteiger partial charge in [-0.25, -0.2) is 0 Å². The number of ether oxygens (including phenoxy) is 1. The molecule has 1 heterocycles. The monoisotopic (exact) mass is 440 g/mol. The molecule has 0 saturated heterocycles. The quantitative estimate of drug-likeness (QED) is 0.376. The number of nitrogens with one attached hydrogen (secondary N) is 1. The Labute approximate surface area is 192 Å². The normalized spacial score (nSPS) is 15.1. The van der Waals surface area contributed by atoms with Gasteiger partial charge in [0.2, 0.25) is 0 Å². The van der Waals surface area contributed by atoms with E-state index >= 15 is 0 Å². The Kier molecular flexibility index (Phi) is 5.53. The molecule has 4 nitrogen and oxygen atoms in total. The van der Waals surface area contributed by atoms with Gasteiger partial charge in [-0.3, -0.25) is 9.69 Å². The molecule has 32 heavy (non-hydrogen) atoms. The van der Waals surface area contributed by atoms with E-state index in [1.54, 1.807) is 17.0 Å². The molecule has 0 radical (unpaired) electrons. The summed E-state index contributed by atoms with van der Waals surface area (Å²) < 4.78 is 5.92. The zero-order chi connectivity index (χ0) is 21.9. The van der Waals surface area contributed by atoms with E-state index in [4.69, 9.17) is 16.3 Å². The molecule has 1 amide bonds. The number of nitrogens with zero attached hydrogens (tertiary/aromatic N) is 1. The van der Waals surface area contributed by atoms with Crippen LogP contribution in [0.2, 0.25) is 5.02 Å². The minimum atomic E-state index is -0.359. The molecular formula is C27H21ClN2O2. The van der Waals surface area contributed by atoms with Crippen LogP contribution < -0.4 is 15.0 Å². The van der Waals surface area contributed by atoms with Crippen LogP contribution in [0.4, 0.5) is 11.4 Å². The molecule has 1 aliphatic heterocycles. The number of rotatable bonds is 5. The topological polar surface area (TPSA) is 41.6 Å². The van der Waals surface area contributed by atoms with Crippen molar-refractivity contribution < 1.29 is 9.53 Å². The average molecular weight is 441 g/mol. The van der Waals surface area contributed by atoms with E-state index in [0.717, 1.165) is 28.3 Å². The van der Waals surface area contributed by atoms with Crippen LogP contribution in [0.15, 0.2) is 103 Å². The Balaban J connectivity index is 1.44. The van der Waals surface area contributed by atoms with Crippen molar-refractivity contribution in [2.75, 3.05) is 10.2 Å². The number of halogens is 1. The molecule has 0 fully saturated rings. The molecule has 5 rings (SSSR count). The van der Waals surface area contributed by atoms with Crippen molar-refractivity contribution in [1.29, 1.82) is 0 Å². The third kappa shape index (κ3) is 4.05. The van der Waals surface area contributed by atoms with Gasteiger partial charge in [0.1, 0.15) is 18.5 Å². The molecule has 4 aromatic rings. The minimum Gasteiger partial charge on any atom is -0.489 e. The van der Waals surface area contributed by atoms with Crippen molar-refractivity contribution in [2.24, 2.45) is 0 Å². The molecule has 0 aliphatic carbocycles. The third-order valence-corrected chi connectivity index (χ3v) is 5.73. The number of hydrogen-bond acceptors (Lipinski definition) is 3. The minimum absolute atomic E-state index is 0.0592. The molecule has 5 heteroatoms. The van der Waals surface area contributed by atoms with Crippen molar-refractivity contribution in [3.05, 3.63) is 125 Å². The summed E-state index contributed by atoms with van der Waals surface area (Å²) in [6, 6.07) is 32.8. The maximum absolute atomic E-state index is 13.4. The van der Waals surface area contributed by atoms with Crippen LogP contribution in [-0.2, 0) is 6.61 Å². The maximum Gasteiger partial charge on any atom is 0.262 e. The summed E-state index contributed by atoms with van der Waals surface area (Å²) in [6.07, 6.45) is -0.359. The van der Waals surface area contributed by atoms with Crippen LogP contribution in [0, 0.1) is 0 Å². The number of anilines is 2. The Hall–Kier alpha value is -3.76. The van der Waals surface area contributed by atoms with Gasteiger partial charge in [-0.15, -0.1) is 0 Å². The van der Waals surface area contributed by atoms with Gasteiger partial charge in [-0.05, 0) is 59.7 Å². The predicted molar refractivity (Wildman–Crippen MR) is 128 cm³/mol. The number of carbonyl (C=O) groups excluding carboxylic acids is 1. The number of amides is 1. The van der Waals surface area contributed by atoms with Crippen molar-refractivity contribution in [3.8, 4) is 5.75 Å². The predicted octanol–water partition coefficient (Wildman–Crippen LogP) is 6.69. The van der Waals surface area contributed by atoms with E-state index in [9.17, 15) is 4.79 Å². The first-order chi connectivity index (χ1) is 15.7. The Morgan fingerprint density at radius 1 is 0.812 bits per heavy atom. The van der Waals surface area contributed by atoms with Crippen LogP contribution >= 0.6 is 11.6 Å². The molecular weight excluding hydrogens is 420 g/mol. The average Bonchev–Trinajstić information content (AvgIpc) is 2.84. The standard InChI is InChI=1S/C27H21ClN2O2/c28-21-12-14-22(15-13-21)30-26(29-25-9-5-4-8-24(25)27(30)31)20-10-16-23(17-11-20)32-18-19-6-2-1-3-7-19/h1-17,26,29H,18H2. The van der Waals surface area contributed by atoms with E-state index < -0.39 is 0 Å². The van der Waals surface area contributed by atoms with E-state index in [-0.39, 0.29) is 12.1 Å². The summed E-state index contributed by atoms with van der Waals surface area (Å²) in [5.74, 6) is 0.717.